The number of nitrogens with one attached hydrogen (secondary N) is 1. The second kappa shape index (κ2) is 5.98. The summed E-state index contributed by atoms with van der Waals surface area (Å²) in [6, 6.07) is 8.73. The third-order valence-corrected chi connectivity index (χ3v) is 3.30. The Morgan fingerprint density at radius 3 is 3.00 bits per heavy atom. The topological polar surface area (TPSA) is 85.8 Å². The molecule has 1 aromatic carbocycles. The van der Waals surface area contributed by atoms with Gasteiger partial charge in [-0.15, -0.1) is 10.2 Å². The van der Waals surface area contributed by atoms with Crippen molar-refractivity contribution in [2.45, 2.75) is 6.54 Å². The van der Waals surface area contributed by atoms with Gasteiger partial charge in [0.25, 0.3) is 5.91 Å². The molecule has 0 spiro atoms. The lowest BCUT2D eigenvalue weighted by molar-refractivity contribution is 0.0912. The zero-order valence-corrected chi connectivity index (χ0v) is 12.4. The number of aryl methyl sites for hydroxylation is 1. The van der Waals surface area contributed by atoms with Crippen molar-refractivity contribution in [3.05, 3.63) is 53.3 Å². The zero-order chi connectivity index (χ0) is 15.5. The normalized spacial score (nSPS) is 10.6. The minimum atomic E-state index is -0.372. The van der Waals surface area contributed by atoms with Crippen LogP contribution in [0, 0.1) is 0 Å². The van der Waals surface area contributed by atoms with Crippen molar-refractivity contribution in [2.24, 2.45) is 7.05 Å². The second-order valence-electron chi connectivity index (χ2n) is 4.63. The van der Waals surface area contributed by atoms with Gasteiger partial charge in [0.1, 0.15) is 12.0 Å². The minimum Gasteiger partial charge on any atom is -0.350 e. The summed E-state index contributed by atoms with van der Waals surface area (Å²) in [7, 11) is 1.80. The number of aromatic nitrogens is 4. The van der Waals surface area contributed by atoms with Crippen molar-refractivity contribution < 1.29 is 9.32 Å². The maximum absolute atomic E-state index is 12.0. The average Bonchev–Trinajstić information content (AvgIpc) is 3.14. The summed E-state index contributed by atoms with van der Waals surface area (Å²) in [6.07, 6.45) is 1.56. The first-order chi connectivity index (χ1) is 10.6. The highest BCUT2D eigenvalue weighted by Gasteiger charge is 2.14. The Morgan fingerprint density at radius 2 is 2.27 bits per heavy atom. The van der Waals surface area contributed by atoms with Crippen LogP contribution in [-0.2, 0) is 13.6 Å². The van der Waals surface area contributed by atoms with Gasteiger partial charge in [-0.1, -0.05) is 28.9 Å². The first-order valence-corrected chi connectivity index (χ1v) is 6.85. The van der Waals surface area contributed by atoms with Crippen molar-refractivity contribution in [3.8, 4) is 11.3 Å². The zero-order valence-electron chi connectivity index (χ0n) is 11.7. The summed E-state index contributed by atoms with van der Waals surface area (Å²) in [5.74, 6) is 0.392. The second-order valence-corrected chi connectivity index (χ2v) is 5.06. The van der Waals surface area contributed by atoms with Gasteiger partial charge in [-0.05, 0) is 12.1 Å². The first kappa shape index (κ1) is 14.3. The molecule has 8 heteroatoms. The van der Waals surface area contributed by atoms with Crippen LogP contribution in [0.3, 0.4) is 0 Å². The summed E-state index contributed by atoms with van der Waals surface area (Å²) in [6.45, 7) is 0.253. The molecular formula is C14H12ClN5O2. The number of nitrogens with zero attached hydrogens (tertiary/aromatic N) is 4. The third kappa shape index (κ3) is 2.99. The molecule has 0 aliphatic heterocycles. The van der Waals surface area contributed by atoms with Gasteiger partial charge in [-0.3, -0.25) is 4.79 Å². The van der Waals surface area contributed by atoms with Crippen LogP contribution < -0.4 is 5.32 Å². The summed E-state index contributed by atoms with van der Waals surface area (Å²) in [5.41, 5.74) is 1.33. The fraction of sp³-hybridized carbons (Fsp3) is 0.143. The van der Waals surface area contributed by atoms with Crippen LogP contribution >= 0.6 is 11.6 Å². The molecule has 0 bridgehead atoms. The van der Waals surface area contributed by atoms with E-state index in [1.165, 1.54) is 0 Å². The maximum atomic E-state index is 12.0. The molecule has 22 heavy (non-hydrogen) atoms. The molecule has 0 radical (unpaired) electrons. The highest BCUT2D eigenvalue weighted by Crippen LogP contribution is 2.22. The van der Waals surface area contributed by atoms with Crippen LogP contribution in [0.15, 0.2) is 41.2 Å². The summed E-state index contributed by atoms with van der Waals surface area (Å²) >= 11 is 5.93. The molecule has 7 nitrogen and oxygen atoms in total. The number of carbonyl (C=O) groups is 1. The number of carbonyl (C=O) groups excluding carboxylic acids is 1. The number of halogens is 1. The number of benzene rings is 1. The Balaban J connectivity index is 1.70. The molecule has 0 saturated heterocycles. The van der Waals surface area contributed by atoms with Crippen LogP contribution in [0.4, 0.5) is 0 Å². The Morgan fingerprint density at radius 1 is 1.41 bits per heavy atom. The molecular weight excluding hydrogens is 306 g/mol. The highest BCUT2D eigenvalue weighted by atomic mass is 35.5. The molecule has 1 amide bonds. The van der Waals surface area contributed by atoms with E-state index < -0.39 is 0 Å². The molecule has 2 heterocycles. The molecule has 0 fully saturated rings. The predicted octanol–water partition coefficient (Wildman–Crippen LogP) is 2.05. The van der Waals surface area contributed by atoms with Gasteiger partial charge in [-0.25, -0.2) is 0 Å². The summed E-state index contributed by atoms with van der Waals surface area (Å²) < 4.78 is 6.79. The van der Waals surface area contributed by atoms with E-state index in [2.05, 4.69) is 20.7 Å². The van der Waals surface area contributed by atoms with E-state index in [-0.39, 0.29) is 18.2 Å². The van der Waals surface area contributed by atoms with Crippen LogP contribution in [0.2, 0.25) is 5.02 Å². The van der Waals surface area contributed by atoms with Gasteiger partial charge in [0.15, 0.2) is 5.82 Å². The van der Waals surface area contributed by atoms with Gasteiger partial charge in [0.2, 0.25) is 5.76 Å². The summed E-state index contributed by atoms with van der Waals surface area (Å²) in [5, 5.41) is 14.8. The molecule has 0 aliphatic rings. The maximum Gasteiger partial charge on any atom is 0.290 e. The van der Waals surface area contributed by atoms with Crippen LogP contribution in [-0.4, -0.2) is 25.8 Å². The lowest BCUT2D eigenvalue weighted by Gasteiger charge is -2.01. The van der Waals surface area contributed by atoms with E-state index in [4.69, 9.17) is 16.1 Å². The van der Waals surface area contributed by atoms with Gasteiger partial charge < -0.3 is 14.4 Å². The molecule has 0 atom stereocenters. The smallest absolute Gasteiger partial charge is 0.290 e. The fourth-order valence-electron chi connectivity index (χ4n) is 1.88. The van der Waals surface area contributed by atoms with Crippen LogP contribution in [0.25, 0.3) is 11.3 Å². The molecule has 3 aromatic rings. The van der Waals surface area contributed by atoms with E-state index in [1.807, 2.05) is 6.07 Å². The standard InChI is InChI=1S/C14H12ClN5O2/c1-20-8-17-18-13(20)7-16-14(21)12-6-11(19-22-12)9-3-2-4-10(15)5-9/h2-6,8H,7H2,1H3,(H,16,21). The van der Waals surface area contributed by atoms with Crippen LogP contribution in [0.5, 0.6) is 0 Å². The molecule has 1 N–H and O–H groups in total. The molecule has 112 valence electrons. The van der Waals surface area contributed by atoms with E-state index in [0.29, 0.717) is 16.5 Å². The summed E-state index contributed by atoms with van der Waals surface area (Å²) in [4.78, 5) is 12.0. The third-order valence-electron chi connectivity index (χ3n) is 3.07. The van der Waals surface area contributed by atoms with E-state index in [9.17, 15) is 4.79 Å². The van der Waals surface area contributed by atoms with E-state index >= 15 is 0 Å². The van der Waals surface area contributed by atoms with E-state index in [1.54, 1.807) is 42.2 Å². The number of rotatable bonds is 4. The minimum absolute atomic E-state index is 0.122. The fourth-order valence-corrected chi connectivity index (χ4v) is 2.07. The molecule has 0 saturated carbocycles. The Labute approximate surface area is 130 Å². The lowest BCUT2D eigenvalue weighted by Crippen LogP contribution is -2.23. The molecule has 0 aliphatic carbocycles. The predicted molar refractivity (Wildman–Crippen MR) is 79.1 cm³/mol. The van der Waals surface area contributed by atoms with Gasteiger partial charge in [0, 0.05) is 23.7 Å². The Bertz CT molecular complexity index is 811. The van der Waals surface area contributed by atoms with Crippen molar-refractivity contribution in [3.63, 3.8) is 0 Å². The lowest BCUT2D eigenvalue weighted by atomic mass is 10.1. The Hall–Kier alpha value is -2.67. The van der Waals surface area contributed by atoms with Gasteiger partial charge in [-0.2, -0.15) is 0 Å². The largest absolute Gasteiger partial charge is 0.350 e. The van der Waals surface area contributed by atoms with Crippen molar-refractivity contribution in [1.82, 2.24) is 25.2 Å². The van der Waals surface area contributed by atoms with Gasteiger partial charge in [0.05, 0.1) is 6.54 Å². The van der Waals surface area contributed by atoms with Crippen molar-refractivity contribution >= 4 is 17.5 Å². The van der Waals surface area contributed by atoms with Crippen molar-refractivity contribution in [2.75, 3.05) is 0 Å². The number of hydrogen-bond acceptors (Lipinski definition) is 5. The van der Waals surface area contributed by atoms with E-state index in [0.717, 1.165) is 5.56 Å². The highest BCUT2D eigenvalue weighted by molar-refractivity contribution is 6.30. The molecule has 2 aromatic heterocycles. The molecule has 3 rings (SSSR count). The van der Waals surface area contributed by atoms with Crippen molar-refractivity contribution in [1.29, 1.82) is 0 Å². The average molecular weight is 318 g/mol. The number of hydrogen-bond donors (Lipinski definition) is 1. The molecule has 0 unspecified atom stereocenters. The quantitative estimate of drug-likeness (QED) is 0.796. The first-order valence-electron chi connectivity index (χ1n) is 6.47. The van der Waals surface area contributed by atoms with Crippen LogP contribution in [0.1, 0.15) is 16.4 Å². The Kier molecular flexibility index (Phi) is 3.88. The van der Waals surface area contributed by atoms with Gasteiger partial charge >= 0.3 is 0 Å². The monoisotopic (exact) mass is 317 g/mol. The number of amides is 1. The SMILES string of the molecule is Cn1cnnc1CNC(=O)c1cc(-c2cccc(Cl)c2)no1.